The van der Waals surface area contributed by atoms with E-state index in [1.807, 2.05) is 30.0 Å². The zero-order chi connectivity index (χ0) is 19.6. The number of benzene rings is 1. The molecule has 3 rings (SSSR count). The van der Waals surface area contributed by atoms with Crippen LogP contribution in [0.3, 0.4) is 0 Å². The number of fused-ring (bicyclic) bond motifs is 1. The van der Waals surface area contributed by atoms with Crippen molar-refractivity contribution in [3.8, 4) is 5.75 Å². The Labute approximate surface area is 160 Å². The van der Waals surface area contributed by atoms with Gasteiger partial charge in [-0.1, -0.05) is 13.0 Å². The second-order valence-electron chi connectivity index (χ2n) is 7.78. The smallest absolute Gasteiger partial charge is 0.250 e. The molecule has 27 heavy (non-hydrogen) atoms. The third-order valence-corrected chi connectivity index (χ3v) is 5.21. The van der Waals surface area contributed by atoms with Crippen molar-refractivity contribution >= 4 is 11.6 Å². The molecule has 1 aliphatic rings. The molecule has 2 heterocycles. The monoisotopic (exact) mass is 368 g/mol. The summed E-state index contributed by atoms with van der Waals surface area (Å²) >= 11 is 0. The molecule has 144 valence electrons. The van der Waals surface area contributed by atoms with Crippen LogP contribution >= 0.6 is 0 Å². The molecule has 0 N–H and O–H groups in total. The Bertz CT molecular complexity index is 885. The van der Waals surface area contributed by atoms with Gasteiger partial charge < -0.3 is 14.2 Å². The first-order valence-electron chi connectivity index (χ1n) is 9.59. The van der Waals surface area contributed by atoms with E-state index in [1.54, 1.807) is 16.8 Å². The van der Waals surface area contributed by atoms with Crippen LogP contribution in [0.1, 0.15) is 52.0 Å². The highest BCUT2D eigenvalue weighted by Crippen LogP contribution is 2.44. The van der Waals surface area contributed by atoms with Crippen molar-refractivity contribution in [2.75, 3.05) is 11.5 Å². The molecule has 0 spiro atoms. The fraction of sp³-hybridized carbons (Fsp3) is 0.455. The fourth-order valence-corrected chi connectivity index (χ4v) is 4.11. The lowest BCUT2D eigenvalue weighted by molar-refractivity contribution is -0.120. The predicted octanol–water partition coefficient (Wildman–Crippen LogP) is 3.96. The molecule has 1 amide bonds. The summed E-state index contributed by atoms with van der Waals surface area (Å²) < 4.78 is 7.22. The molecule has 1 atom stereocenters. The zero-order valence-corrected chi connectivity index (χ0v) is 16.6. The van der Waals surface area contributed by atoms with Crippen molar-refractivity contribution in [1.82, 2.24) is 4.57 Å². The maximum atomic E-state index is 13.2. The van der Waals surface area contributed by atoms with Gasteiger partial charge in [0.25, 0.3) is 5.56 Å². The first kappa shape index (κ1) is 19.2. The van der Waals surface area contributed by atoms with Crippen LogP contribution in [0.5, 0.6) is 5.75 Å². The summed E-state index contributed by atoms with van der Waals surface area (Å²) in [5.74, 6) is 1.22. The number of amides is 1. The molecule has 0 saturated carbocycles. The van der Waals surface area contributed by atoms with Gasteiger partial charge in [0.05, 0.1) is 6.61 Å². The van der Waals surface area contributed by atoms with Crippen molar-refractivity contribution in [1.29, 1.82) is 0 Å². The van der Waals surface area contributed by atoms with Crippen LogP contribution in [-0.2, 0) is 11.3 Å². The predicted molar refractivity (Wildman–Crippen MR) is 108 cm³/mol. The minimum Gasteiger partial charge on any atom is -0.494 e. The summed E-state index contributed by atoms with van der Waals surface area (Å²) in [6, 6.07) is 11.0. The summed E-state index contributed by atoms with van der Waals surface area (Å²) in [5, 5.41) is 0. The number of pyridine rings is 1. The van der Waals surface area contributed by atoms with Gasteiger partial charge in [0.2, 0.25) is 5.91 Å². The molecule has 0 radical (unpaired) electrons. The van der Waals surface area contributed by atoms with Crippen LogP contribution in [0.4, 0.5) is 5.69 Å². The minimum absolute atomic E-state index is 0.0352. The highest BCUT2D eigenvalue weighted by molar-refractivity contribution is 5.96. The van der Waals surface area contributed by atoms with Gasteiger partial charge in [-0.2, -0.15) is 0 Å². The van der Waals surface area contributed by atoms with E-state index in [-0.39, 0.29) is 23.4 Å². The lowest BCUT2D eigenvalue weighted by Gasteiger charge is -2.46. The largest absolute Gasteiger partial charge is 0.494 e. The Balaban J connectivity index is 1.89. The fourth-order valence-electron chi connectivity index (χ4n) is 4.11. The number of aromatic nitrogens is 1. The quantitative estimate of drug-likeness (QED) is 0.803. The first-order chi connectivity index (χ1) is 12.8. The van der Waals surface area contributed by atoms with Crippen LogP contribution < -0.4 is 15.2 Å². The summed E-state index contributed by atoms with van der Waals surface area (Å²) in [6.07, 6.45) is 2.89. The number of nitrogens with zero attached hydrogens (tertiary/aromatic N) is 2. The van der Waals surface area contributed by atoms with Crippen LogP contribution in [0.15, 0.2) is 47.4 Å². The van der Waals surface area contributed by atoms with Crippen molar-refractivity contribution in [3.05, 3.63) is 58.5 Å². The summed E-state index contributed by atoms with van der Waals surface area (Å²) in [6.45, 7) is 9.38. The van der Waals surface area contributed by atoms with E-state index in [9.17, 15) is 9.59 Å². The van der Waals surface area contributed by atoms with Crippen molar-refractivity contribution in [3.63, 3.8) is 0 Å². The van der Waals surface area contributed by atoms with Gasteiger partial charge in [0.1, 0.15) is 5.75 Å². The molecule has 1 aromatic carbocycles. The van der Waals surface area contributed by atoms with Gasteiger partial charge >= 0.3 is 0 Å². The number of aryl methyl sites for hydroxylation is 1. The number of hydrogen-bond acceptors (Lipinski definition) is 3. The summed E-state index contributed by atoms with van der Waals surface area (Å²) in [7, 11) is 0. The molecule has 1 unspecified atom stereocenters. The Kier molecular flexibility index (Phi) is 5.40. The van der Waals surface area contributed by atoms with Gasteiger partial charge in [-0.3, -0.25) is 9.59 Å². The Hall–Kier alpha value is -2.56. The normalized spacial score (nSPS) is 18.1. The first-order valence-corrected chi connectivity index (χ1v) is 9.59. The highest BCUT2D eigenvalue weighted by Gasteiger charge is 2.39. The SMILES string of the molecule is CCOc1ccc2c(c1)C(C)CC(C)(C)N2C(=O)CCn1ccccc1=O. The van der Waals surface area contributed by atoms with Gasteiger partial charge in [-0.05, 0) is 62.9 Å². The molecule has 0 bridgehead atoms. The molecular weight excluding hydrogens is 340 g/mol. The van der Waals surface area contributed by atoms with E-state index in [0.29, 0.717) is 19.1 Å². The molecule has 2 aromatic rings. The highest BCUT2D eigenvalue weighted by atomic mass is 16.5. The number of rotatable bonds is 5. The van der Waals surface area contributed by atoms with Crippen LogP contribution in [0, 0.1) is 0 Å². The van der Waals surface area contributed by atoms with Gasteiger partial charge in [0.15, 0.2) is 0 Å². The summed E-state index contributed by atoms with van der Waals surface area (Å²) in [5.41, 5.74) is 1.73. The van der Waals surface area contributed by atoms with E-state index in [1.165, 1.54) is 6.07 Å². The number of carbonyl (C=O) groups is 1. The van der Waals surface area contributed by atoms with E-state index in [4.69, 9.17) is 4.74 Å². The second-order valence-corrected chi connectivity index (χ2v) is 7.78. The van der Waals surface area contributed by atoms with E-state index >= 15 is 0 Å². The van der Waals surface area contributed by atoms with Crippen molar-refractivity contribution in [2.45, 2.75) is 58.5 Å². The molecule has 1 aliphatic heterocycles. The maximum Gasteiger partial charge on any atom is 0.250 e. The van der Waals surface area contributed by atoms with Gasteiger partial charge in [0, 0.05) is 36.5 Å². The van der Waals surface area contributed by atoms with Crippen LogP contribution in [-0.4, -0.2) is 22.6 Å². The second kappa shape index (κ2) is 7.59. The lowest BCUT2D eigenvalue weighted by Crippen LogP contribution is -2.52. The van der Waals surface area contributed by atoms with Crippen LogP contribution in [0.25, 0.3) is 0 Å². The van der Waals surface area contributed by atoms with E-state index < -0.39 is 0 Å². The molecule has 0 aliphatic carbocycles. The van der Waals surface area contributed by atoms with Crippen molar-refractivity contribution in [2.24, 2.45) is 0 Å². The average molecular weight is 368 g/mol. The number of carbonyl (C=O) groups excluding carboxylic acids is 1. The number of hydrogen-bond donors (Lipinski definition) is 0. The third-order valence-electron chi connectivity index (χ3n) is 5.21. The minimum atomic E-state index is -0.279. The standard InChI is InChI=1S/C22H28N2O3/c1-5-27-17-9-10-19-18(14-17)16(2)15-22(3,4)24(19)21(26)11-13-23-12-7-6-8-20(23)25/h6-10,12,14,16H,5,11,13,15H2,1-4H3. The molecule has 1 aromatic heterocycles. The van der Waals surface area contributed by atoms with Crippen molar-refractivity contribution < 1.29 is 9.53 Å². The molecule has 5 nitrogen and oxygen atoms in total. The average Bonchev–Trinajstić information content (AvgIpc) is 2.61. The molecule has 5 heteroatoms. The molecule has 0 fully saturated rings. The Morgan fingerprint density at radius 3 is 2.74 bits per heavy atom. The topological polar surface area (TPSA) is 51.5 Å². The summed E-state index contributed by atoms with van der Waals surface area (Å²) in [4.78, 5) is 27.0. The van der Waals surface area contributed by atoms with Gasteiger partial charge in [-0.25, -0.2) is 0 Å². The van der Waals surface area contributed by atoms with E-state index in [0.717, 1.165) is 23.4 Å². The lowest BCUT2D eigenvalue weighted by atomic mass is 9.80. The van der Waals surface area contributed by atoms with E-state index in [2.05, 4.69) is 26.8 Å². The molecular formula is C22H28N2O3. The Morgan fingerprint density at radius 2 is 2.04 bits per heavy atom. The number of anilines is 1. The zero-order valence-electron chi connectivity index (χ0n) is 16.6. The third kappa shape index (κ3) is 3.92. The molecule has 0 saturated heterocycles. The number of ether oxygens (including phenoxy) is 1. The van der Waals surface area contributed by atoms with Gasteiger partial charge in [-0.15, -0.1) is 0 Å². The Morgan fingerprint density at radius 1 is 1.26 bits per heavy atom. The maximum absolute atomic E-state index is 13.2. The van der Waals surface area contributed by atoms with Crippen LogP contribution in [0.2, 0.25) is 0 Å².